The highest BCUT2D eigenvalue weighted by Crippen LogP contribution is 2.45. The van der Waals surface area contributed by atoms with Crippen LogP contribution in [0.5, 0.6) is 0 Å². The number of nitrogens with zero attached hydrogens (tertiary/aromatic N) is 1. The highest BCUT2D eigenvalue weighted by atomic mass is 19.4. The summed E-state index contributed by atoms with van der Waals surface area (Å²) in [5, 5.41) is 0. The van der Waals surface area contributed by atoms with E-state index in [4.69, 9.17) is 9.47 Å². The third kappa shape index (κ3) is 3.77. The normalized spacial score (nSPS) is 29.2. The molecule has 11 heteroatoms. The molecule has 24 heavy (non-hydrogen) atoms. The van der Waals surface area contributed by atoms with E-state index in [0.717, 1.165) is 0 Å². The quantitative estimate of drug-likeness (QED) is 0.562. The lowest BCUT2D eigenvalue weighted by Crippen LogP contribution is -2.65. The SMILES string of the molecule is FC(N1CCC(C(F)(F)F)CC1)C(F)(C1COCCO1)C(F)(F)F. The predicted molar refractivity (Wildman–Crippen MR) is 65.7 cm³/mol. The summed E-state index contributed by atoms with van der Waals surface area (Å²) >= 11 is 0. The molecule has 2 heterocycles. The Balaban J connectivity index is 2.13. The van der Waals surface area contributed by atoms with Gasteiger partial charge in [-0.25, -0.2) is 8.78 Å². The first-order chi connectivity index (χ1) is 11.0. The second-order valence-corrected chi connectivity index (χ2v) is 5.89. The van der Waals surface area contributed by atoms with Crippen molar-refractivity contribution in [2.75, 3.05) is 32.9 Å². The molecule has 0 saturated carbocycles. The van der Waals surface area contributed by atoms with Crippen LogP contribution >= 0.6 is 0 Å². The molecule has 0 bridgehead atoms. The zero-order valence-corrected chi connectivity index (χ0v) is 12.5. The first kappa shape index (κ1) is 19.6. The van der Waals surface area contributed by atoms with Crippen molar-refractivity contribution in [1.82, 2.24) is 4.90 Å². The van der Waals surface area contributed by atoms with Gasteiger partial charge in [-0.05, 0) is 12.8 Å². The second-order valence-electron chi connectivity index (χ2n) is 5.89. The highest BCUT2D eigenvalue weighted by molar-refractivity contribution is 5.02. The number of halogens is 8. The molecular formula is C13H17F8NO2. The van der Waals surface area contributed by atoms with Gasteiger partial charge < -0.3 is 9.47 Å². The van der Waals surface area contributed by atoms with Gasteiger partial charge in [0.05, 0.1) is 25.7 Å². The van der Waals surface area contributed by atoms with Crippen molar-refractivity contribution in [3.63, 3.8) is 0 Å². The Morgan fingerprint density at radius 1 is 0.917 bits per heavy atom. The van der Waals surface area contributed by atoms with E-state index in [1.807, 2.05) is 0 Å². The predicted octanol–water partition coefficient (Wildman–Crippen LogP) is 3.24. The van der Waals surface area contributed by atoms with E-state index >= 15 is 0 Å². The van der Waals surface area contributed by atoms with Gasteiger partial charge in [-0.3, -0.25) is 4.90 Å². The molecule has 0 radical (unpaired) electrons. The molecule has 142 valence electrons. The topological polar surface area (TPSA) is 21.7 Å². The number of rotatable bonds is 3. The van der Waals surface area contributed by atoms with Crippen molar-refractivity contribution in [3.05, 3.63) is 0 Å². The highest BCUT2D eigenvalue weighted by Gasteiger charge is 2.68. The lowest BCUT2D eigenvalue weighted by Gasteiger charge is -2.44. The summed E-state index contributed by atoms with van der Waals surface area (Å²) in [6, 6.07) is 0. The summed E-state index contributed by atoms with van der Waals surface area (Å²) in [4.78, 5) is 0.452. The van der Waals surface area contributed by atoms with Crippen molar-refractivity contribution in [2.45, 2.75) is 43.3 Å². The van der Waals surface area contributed by atoms with E-state index in [0.29, 0.717) is 4.90 Å². The molecule has 2 saturated heterocycles. The van der Waals surface area contributed by atoms with Crippen molar-refractivity contribution in [3.8, 4) is 0 Å². The maximum absolute atomic E-state index is 14.7. The summed E-state index contributed by atoms with van der Waals surface area (Å²) in [6.07, 6.45) is -16.6. The van der Waals surface area contributed by atoms with Gasteiger partial charge >= 0.3 is 12.4 Å². The Labute approximate surface area is 132 Å². The molecule has 3 atom stereocenters. The van der Waals surface area contributed by atoms with Crippen LogP contribution in [0.25, 0.3) is 0 Å². The molecule has 2 aliphatic heterocycles. The standard InChI is InChI=1S/C13H17F8NO2/c14-10(22-3-1-8(2-4-22)12(16,17)18)11(15,13(19,20)21)9-7-23-5-6-24-9/h8-10H,1-7H2. The molecule has 3 unspecified atom stereocenters. The lowest BCUT2D eigenvalue weighted by molar-refractivity contribution is -0.318. The molecule has 3 nitrogen and oxygen atoms in total. The third-order valence-corrected chi connectivity index (χ3v) is 4.38. The maximum Gasteiger partial charge on any atom is 0.429 e. The lowest BCUT2D eigenvalue weighted by atomic mass is 9.91. The van der Waals surface area contributed by atoms with Crippen LogP contribution in [0.3, 0.4) is 0 Å². The maximum atomic E-state index is 14.7. The first-order valence-corrected chi connectivity index (χ1v) is 7.37. The zero-order valence-electron chi connectivity index (χ0n) is 12.5. The molecule has 2 fully saturated rings. The van der Waals surface area contributed by atoms with Crippen LogP contribution in [0.2, 0.25) is 0 Å². The van der Waals surface area contributed by atoms with Crippen LogP contribution in [0.1, 0.15) is 12.8 Å². The van der Waals surface area contributed by atoms with Crippen LogP contribution < -0.4 is 0 Å². The van der Waals surface area contributed by atoms with Crippen LogP contribution in [-0.2, 0) is 9.47 Å². The zero-order chi connectivity index (χ0) is 18.2. The van der Waals surface area contributed by atoms with Crippen LogP contribution in [0, 0.1) is 5.92 Å². The van der Waals surface area contributed by atoms with Gasteiger partial charge in [-0.2, -0.15) is 26.3 Å². The average Bonchev–Trinajstić information content (AvgIpc) is 2.52. The van der Waals surface area contributed by atoms with E-state index in [2.05, 4.69) is 0 Å². The number of hydrogen-bond donors (Lipinski definition) is 0. The largest absolute Gasteiger partial charge is 0.429 e. The van der Waals surface area contributed by atoms with Gasteiger partial charge in [0.25, 0.3) is 5.67 Å². The van der Waals surface area contributed by atoms with Crippen molar-refractivity contribution < 1.29 is 44.6 Å². The summed E-state index contributed by atoms with van der Waals surface area (Å²) in [6.45, 7) is -2.40. The van der Waals surface area contributed by atoms with Crippen LogP contribution in [0.15, 0.2) is 0 Å². The first-order valence-electron chi connectivity index (χ1n) is 7.37. The third-order valence-electron chi connectivity index (χ3n) is 4.38. The number of piperidine rings is 1. The van der Waals surface area contributed by atoms with Crippen LogP contribution in [-0.4, -0.2) is 68.2 Å². The van der Waals surface area contributed by atoms with E-state index in [1.54, 1.807) is 0 Å². The Hall–Kier alpha value is -0.680. The molecule has 0 aromatic carbocycles. The van der Waals surface area contributed by atoms with Crippen molar-refractivity contribution in [1.29, 1.82) is 0 Å². The van der Waals surface area contributed by atoms with E-state index in [1.165, 1.54) is 0 Å². The van der Waals surface area contributed by atoms with Gasteiger partial charge in [0.15, 0.2) is 6.30 Å². The van der Waals surface area contributed by atoms with Gasteiger partial charge in [-0.15, -0.1) is 0 Å². The minimum atomic E-state index is -5.60. The van der Waals surface area contributed by atoms with Gasteiger partial charge in [-0.1, -0.05) is 0 Å². The van der Waals surface area contributed by atoms with E-state index in [-0.39, 0.29) is 13.2 Å². The Bertz CT molecular complexity index is 415. The summed E-state index contributed by atoms with van der Waals surface area (Å²) in [5.74, 6) is -1.73. The molecule has 0 aliphatic carbocycles. The molecule has 0 aromatic heterocycles. The molecule has 0 amide bonds. The minimum Gasteiger partial charge on any atom is -0.376 e. The fraction of sp³-hybridized carbons (Fsp3) is 1.00. The monoisotopic (exact) mass is 371 g/mol. The summed E-state index contributed by atoms with van der Waals surface area (Å²) < 4.78 is 116. The minimum absolute atomic E-state index is 0.0433. The molecule has 0 N–H and O–H groups in total. The van der Waals surface area contributed by atoms with Crippen molar-refractivity contribution >= 4 is 0 Å². The summed E-state index contributed by atoms with van der Waals surface area (Å²) in [5.41, 5.74) is -4.38. The Morgan fingerprint density at radius 3 is 1.92 bits per heavy atom. The van der Waals surface area contributed by atoms with Crippen LogP contribution in [0.4, 0.5) is 35.1 Å². The number of hydrogen-bond acceptors (Lipinski definition) is 3. The molecule has 0 spiro atoms. The van der Waals surface area contributed by atoms with E-state index < -0.39 is 68.9 Å². The summed E-state index contributed by atoms with van der Waals surface area (Å²) in [7, 11) is 0. The Kier molecular flexibility index (Phi) is 5.65. The smallest absolute Gasteiger partial charge is 0.376 e. The molecule has 2 aliphatic rings. The Morgan fingerprint density at radius 2 is 1.50 bits per heavy atom. The molecule has 2 rings (SSSR count). The van der Waals surface area contributed by atoms with Gasteiger partial charge in [0.2, 0.25) is 0 Å². The molecular weight excluding hydrogens is 354 g/mol. The van der Waals surface area contributed by atoms with Crippen molar-refractivity contribution in [2.24, 2.45) is 5.92 Å². The van der Waals surface area contributed by atoms with Gasteiger partial charge in [0, 0.05) is 13.1 Å². The fourth-order valence-electron chi connectivity index (χ4n) is 2.92. The number of ether oxygens (including phenoxy) is 2. The number of alkyl halides is 8. The number of likely N-dealkylation sites (tertiary alicyclic amines) is 1. The van der Waals surface area contributed by atoms with E-state index in [9.17, 15) is 35.1 Å². The molecule has 0 aromatic rings. The second kappa shape index (κ2) is 6.91. The van der Waals surface area contributed by atoms with Gasteiger partial charge in [0.1, 0.15) is 6.10 Å². The fourth-order valence-corrected chi connectivity index (χ4v) is 2.92. The average molecular weight is 371 g/mol.